The molecule has 0 aliphatic carbocycles. The summed E-state index contributed by atoms with van der Waals surface area (Å²) in [5, 5.41) is 15.7. The van der Waals surface area contributed by atoms with Crippen LogP contribution in [0, 0.1) is 0 Å². The summed E-state index contributed by atoms with van der Waals surface area (Å²) in [5.74, 6) is 0.175. The van der Waals surface area contributed by atoms with Crippen molar-refractivity contribution in [1.29, 1.82) is 0 Å². The number of rotatable bonds is 4. The molecule has 0 radical (unpaired) electrons. The van der Waals surface area contributed by atoms with Crippen molar-refractivity contribution in [2.45, 2.75) is 0 Å². The number of ether oxygens (including phenoxy) is 1. The number of hydrogen-bond acceptors (Lipinski definition) is 6. The van der Waals surface area contributed by atoms with E-state index in [-0.39, 0.29) is 32.2 Å². The number of carbonyl (C=O) groups is 1. The minimum absolute atomic E-state index is 0.0590. The molecular formula is C22H14BrCl2N3O4S. The Bertz CT molecular complexity index is 1410. The van der Waals surface area contributed by atoms with Crippen molar-refractivity contribution < 1.29 is 19.1 Å². The summed E-state index contributed by atoms with van der Waals surface area (Å²) in [7, 11) is 1.40. The summed E-state index contributed by atoms with van der Waals surface area (Å²) < 4.78 is 11.5. The molecule has 4 rings (SSSR count). The third-order valence-corrected chi connectivity index (χ3v) is 5.86. The maximum absolute atomic E-state index is 12.7. The zero-order chi connectivity index (χ0) is 23.7. The molecule has 0 spiro atoms. The molecular weight excluding hydrogens is 553 g/mol. The van der Waals surface area contributed by atoms with Crippen molar-refractivity contribution in [2.24, 2.45) is 0 Å². The molecule has 0 saturated heterocycles. The quantitative estimate of drug-likeness (QED) is 0.246. The Balaban J connectivity index is 1.51. The maximum Gasteiger partial charge on any atom is 0.261 e. The Labute approximate surface area is 211 Å². The van der Waals surface area contributed by atoms with E-state index >= 15 is 0 Å². The second kappa shape index (κ2) is 9.56. The van der Waals surface area contributed by atoms with E-state index in [1.54, 1.807) is 36.4 Å². The molecule has 0 fully saturated rings. The average Bonchev–Trinajstić information content (AvgIpc) is 3.18. The van der Waals surface area contributed by atoms with Crippen molar-refractivity contribution in [3.05, 3.63) is 68.6 Å². The molecule has 3 aromatic carbocycles. The van der Waals surface area contributed by atoms with E-state index < -0.39 is 5.91 Å². The van der Waals surface area contributed by atoms with Gasteiger partial charge in [0, 0.05) is 16.3 Å². The van der Waals surface area contributed by atoms with Crippen molar-refractivity contribution >= 4 is 79.2 Å². The number of carbonyl (C=O) groups excluding carboxylic acids is 1. The predicted octanol–water partition coefficient (Wildman–Crippen LogP) is 6.41. The van der Waals surface area contributed by atoms with Crippen molar-refractivity contribution in [3.8, 4) is 23.0 Å². The molecule has 3 N–H and O–H groups in total. The zero-order valence-corrected chi connectivity index (χ0v) is 20.7. The molecule has 0 bridgehead atoms. The summed E-state index contributed by atoms with van der Waals surface area (Å²) in [4.78, 5) is 17.2. The Morgan fingerprint density at radius 2 is 1.97 bits per heavy atom. The molecule has 0 atom stereocenters. The van der Waals surface area contributed by atoms with Gasteiger partial charge in [-0.3, -0.25) is 10.1 Å². The highest BCUT2D eigenvalue weighted by Gasteiger charge is 2.18. The zero-order valence-electron chi connectivity index (χ0n) is 16.8. The minimum Gasteiger partial charge on any atom is -0.507 e. The fraction of sp³-hybridized carbons (Fsp3) is 0.0455. The number of methoxy groups -OCH3 is 1. The van der Waals surface area contributed by atoms with E-state index in [0.717, 1.165) is 0 Å². The highest BCUT2D eigenvalue weighted by molar-refractivity contribution is 9.10. The van der Waals surface area contributed by atoms with Crippen LogP contribution in [-0.4, -0.2) is 28.2 Å². The predicted molar refractivity (Wildman–Crippen MR) is 136 cm³/mol. The topological polar surface area (TPSA) is 96.6 Å². The first kappa shape index (κ1) is 23.3. The van der Waals surface area contributed by atoms with Gasteiger partial charge in [-0.1, -0.05) is 23.2 Å². The number of oxazole rings is 1. The lowest BCUT2D eigenvalue weighted by atomic mass is 10.2. The van der Waals surface area contributed by atoms with Gasteiger partial charge < -0.3 is 19.6 Å². The minimum atomic E-state index is -0.531. The first-order valence-corrected chi connectivity index (χ1v) is 11.3. The number of aromatic hydroxyl groups is 1. The van der Waals surface area contributed by atoms with Crippen molar-refractivity contribution in [3.63, 3.8) is 0 Å². The SMILES string of the molecule is COc1c(Cl)cc(Cl)cc1C(=O)NC(=S)Nc1ccc2oc(-c3ccc(O)c(Br)c3)nc2c1. The Morgan fingerprint density at radius 1 is 1.18 bits per heavy atom. The number of halogens is 3. The van der Waals surface area contributed by atoms with Crippen LogP contribution in [0.5, 0.6) is 11.5 Å². The van der Waals surface area contributed by atoms with Crippen molar-refractivity contribution in [2.75, 3.05) is 12.4 Å². The molecule has 4 aromatic rings. The first-order chi connectivity index (χ1) is 15.7. The monoisotopic (exact) mass is 565 g/mol. The summed E-state index contributed by atoms with van der Waals surface area (Å²) >= 11 is 20.6. The number of nitrogens with one attached hydrogen (secondary N) is 2. The third-order valence-electron chi connectivity index (χ3n) is 4.52. The fourth-order valence-electron chi connectivity index (χ4n) is 3.04. The number of fused-ring (bicyclic) bond motifs is 1. The van der Waals surface area contributed by atoms with Crippen LogP contribution >= 0.6 is 51.3 Å². The number of phenols is 1. The van der Waals surface area contributed by atoms with E-state index in [1.165, 1.54) is 19.2 Å². The van der Waals surface area contributed by atoms with Crippen LogP contribution in [0.4, 0.5) is 5.69 Å². The number of hydrogen-bond donors (Lipinski definition) is 3. The number of amides is 1. The molecule has 7 nitrogen and oxygen atoms in total. The first-order valence-electron chi connectivity index (χ1n) is 9.30. The maximum atomic E-state index is 12.7. The number of aromatic nitrogens is 1. The normalized spacial score (nSPS) is 10.8. The summed E-state index contributed by atoms with van der Waals surface area (Å²) in [6.45, 7) is 0. The Kier molecular flexibility index (Phi) is 6.76. The van der Waals surface area contributed by atoms with E-state index in [9.17, 15) is 9.90 Å². The lowest BCUT2D eigenvalue weighted by Gasteiger charge is -2.13. The number of benzene rings is 3. The van der Waals surface area contributed by atoms with E-state index in [0.29, 0.717) is 32.7 Å². The molecule has 1 amide bonds. The summed E-state index contributed by atoms with van der Waals surface area (Å²) in [5.41, 5.74) is 2.58. The van der Waals surface area contributed by atoms with Gasteiger partial charge in [0.25, 0.3) is 5.91 Å². The van der Waals surface area contributed by atoms with Gasteiger partial charge in [-0.15, -0.1) is 0 Å². The lowest BCUT2D eigenvalue weighted by Crippen LogP contribution is -2.34. The molecule has 0 saturated carbocycles. The highest BCUT2D eigenvalue weighted by atomic mass is 79.9. The second-order valence-electron chi connectivity index (χ2n) is 6.74. The highest BCUT2D eigenvalue weighted by Crippen LogP contribution is 2.33. The fourth-order valence-corrected chi connectivity index (χ4v) is 4.20. The van der Waals surface area contributed by atoms with Gasteiger partial charge in [-0.2, -0.15) is 0 Å². The second-order valence-corrected chi connectivity index (χ2v) is 8.85. The van der Waals surface area contributed by atoms with Crippen LogP contribution in [-0.2, 0) is 0 Å². The largest absolute Gasteiger partial charge is 0.507 e. The number of thiocarbonyl (C=S) groups is 1. The molecule has 11 heteroatoms. The molecule has 1 heterocycles. The van der Waals surface area contributed by atoms with E-state index in [4.69, 9.17) is 44.6 Å². The molecule has 33 heavy (non-hydrogen) atoms. The van der Waals surface area contributed by atoms with Crippen LogP contribution in [0.2, 0.25) is 10.0 Å². The molecule has 0 aliphatic rings. The molecule has 1 aromatic heterocycles. The Hall–Kier alpha value is -2.85. The smallest absolute Gasteiger partial charge is 0.261 e. The standard InChI is InChI=1S/C22H14BrCl2N3O4S/c1-31-19-13(7-11(24)8-15(19)25)20(30)28-22(33)26-12-3-5-18-16(9-12)27-21(32-18)10-2-4-17(29)14(23)6-10/h2-9,29H,1H3,(H2,26,28,30,33). The lowest BCUT2D eigenvalue weighted by molar-refractivity contribution is 0.0974. The summed E-state index contributed by atoms with van der Waals surface area (Å²) in [6.07, 6.45) is 0. The molecule has 0 unspecified atom stereocenters. The van der Waals surface area contributed by atoms with Crippen LogP contribution in [0.15, 0.2) is 57.4 Å². The number of nitrogens with zero attached hydrogens (tertiary/aromatic N) is 1. The van der Waals surface area contributed by atoms with Crippen LogP contribution in [0.3, 0.4) is 0 Å². The number of anilines is 1. The third kappa shape index (κ3) is 5.06. The average molecular weight is 567 g/mol. The van der Waals surface area contributed by atoms with Crippen molar-refractivity contribution in [1.82, 2.24) is 10.3 Å². The van der Waals surface area contributed by atoms with Crippen LogP contribution < -0.4 is 15.4 Å². The van der Waals surface area contributed by atoms with Gasteiger partial charge in [0.05, 0.1) is 22.2 Å². The van der Waals surface area contributed by atoms with Gasteiger partial charge in [0.15, 0.2) is 10.7 Å². The van der Waals surface area contributed by atoms with Gasteiger partial charge in [-0.05, 0) is 76.7 Å². The Morgan fingerprint density at radius 3 is 2.70 bits per heavy atom. The van der Waals surface area contributed by atoms with Gasteiger partial charge >= 0.3 is 0 Å². The van der Waals surface area contributed by atoms with Crippen LogP contribution in [0.25, 0.3) is 22.6 Å². The van der Waals surface area contributed by atoms with Gasteiger partial charge in [0.2, 0.25) is 5.89 Å². The molecule has 0 aliphatic heterocycles. The number of phenolic OH excluding ortho intramolecular Hbond substituents is 1. The van der Waals surface area contributed by atoms with Crippen LogP contribution in [0.1, 0.15) is 10.4 Å². The summed E-state index contributed by atoms with van der Waals surface area (Å²) in [6, 6.07) is 13.1. The van der Waals surface area contributed by atoms with Gasteiger partial charge in [-0.25, -0.2) is 4.98 Å². The van der Waals surface area contributed by atoms with E-state index in [1.807, 2.05) is 0 Å². The molecule has 168 valence electrons. The van der Waals surface area contributed by atoms with E-state index in [2.05, 4.69) is 31.5 Å². The van der Waals surface area contributed by atoms with Gasteiger partial charge in [0.1, 0.15) is 17.0 Å².